The number of nitro groups is 1. The van der Waals surface area contributed by atoms with Crippen molar-refractivity contribution in [3.8, 4) is 11.5 Å². The third kappa shape index (κ3) is 2.85. The van der Waals surface area contributed by atoms with Gasteiger partial charge < -0.3 is 14.8 Å². The molecule has 0 fully saturated rings. The highest BCUT2D eigenvalue weighted by atomic mass is 35.5. The highest BCUT2D eigenvalue weighted by Gasteiger charge is 2.16. The molecule has 1 N–H and O–H groups in total. The molecule has 0 saturated heterocycles. The standard InChI is InChI=1S/C14H11ClN2O4/c15-11-5-13-14(21-8-20-13)6-12(11)16-7-9-2-1-3-10(4-9)17(18)19/h1-6,16H,7-8H2. The molecule has 7 heteroatoms. The van der Waals surface area contributed by atoms with Crippen molar-refractivity contribution in [2.24, 2.45) is 0 Å². The third-order valence-corrected chi connectivity index (χ3v) is 3.38. The van der Waals surface area contributed by atoms with E-state index in [0.717, 1.165) is 5.56 Å². The summed E-state index contributed by atoms with van der Waals surface area (Å²) in [5.41, 5.74) is 1.54. The zero-order chi connectivity index (χ0) is 14.8. The lowest BCUT2D eigenvalue weighted by molar-refractivity contribution is -0.384. The summed E-state index contributed by atoms with van der Waals surface area (Å²) in [7, 11) is 0. The van der Waals surface area contributed by atoms with Gasteiger partial charge in [-0.3, -0.25) is 10.1 Å². The Labute approximate surface area is 125 Å². The first-order chi connectivity index (χ1) is 10.1. The fourth-order valence-corrected chi connectivity index (χ4v) is 2.25. The van der Waals surface area contributed by atoms with Crippen LogP contribution in [0.5, 0.6) is 11.5 Å². The van der Waals surface area contributed by atoms with Crippen LogP contribution in [0.4, 0.5) is 11.4 Å². The molecule has 0 spiro atoms. The number of nitrogens with zero attached hydrogens (tertiary/aromatic N) is 1. The molecular formula is C14H11ClN2O4. The maximum absolute atomic E-state index is 10.7. The van der Waals surface area contributed by atoms with Crippen LogP contribution in [0.3, 0.4) is 0 Å². The van der Waals surface area contributed by atoms with Gasteiger partial charge in [0.25, 0.3) is 5.69 Å². The van der Waals surface area contributed by atoms with E-state index in [2.05, 4.69) is 5.32 Å². The maximum atomic E-state index is 10.7. The summed E-state index contributed by atoms with van der Waals surface area (Å²) in [5.74, 6) is 1.24. The molecule has 1 aliphatic heterocycles. The largest absolute Gasteiger partial charge is 0.454 e. The van der Waals surface area contributed by atoms with E-state index in [-0.39, 0.29) is 12.5 Å². The lowest BCUT2D eigenvalue weighted by Crippen LogP contribution is -2.00. The van der Waals surface area contributed by atoms with Gasteiger partial charge in [-0.15, -0.1) is 0 Å². The van der Waals surface area contributed by atoms with Gasteiger partial charge in [0.1, 0.15) is 0 Å². The van der Waals surface area contributed by atoms with Gasteiger partial charge in [-0.25, -0.2) is 0 Å². The van der Waals surface area contributed by atoms with Crippen LogP contribution in [0.2, 0.25) is 5.02 Å². The minimum atomic E-state index is -0.420. The predicted octanol–water partition coefficient (Wildman–Crippen LogP) is 3.59. The number of fused-ring (bicyclic) bond motifs is 1. The van der Waals surface area contributed by atoms with E-state index >= 15 is 0 Å². The summed E-state index contributed by atoms with van der Waals surface area (Å²) in [6.07, 6.45) is 0. The van der Waals surface area contributed by atoms with E-state index in [1.165, 1.54) is 12.1 Å². The fourth-order valence-electron chi connectivity index (χ4n) is 2.03. The molecule has 21 heavy (non-hydrogen) atoms. The first-order valence-electron chi connectivity index (χ1n) is 6.20. The van der Waals surface area contributed by atoms with Crippen molar-refractivity contribution in [1.82, 2.24) is 0 Å². The summed E-state index contributed by atoms with van der Waals surface area (Å²) >= 11 is 6.15. The molecule has 1 aliphatic rings. The summed E-state index contributed by atoms with van der Waals surface area (Å²) in [4.78, 5) is 10.3. The number of hydrogen-bond acceptors (Lipinski definition) is 5. The van der Waals surface area contributed by atoms with E-state index in [9.17, 15) is 10.1 Å². The van der Waals surface area contributed by atoms with Crippen LogP contribution in [0.15, 0.2) is 36.4 Å². The Bertz CT molecular complexity index is 705. The molecule has 0 bridgehead atoms. The average Bonchev–Trinajstić information content (AvgIpc) is 2.92. The van der Waals surface area contributed by atoms with Gasteiger partial charge in [-0.2, -0.15) is 0 Å². The summed E-state index contributed by atoms with van der Waals surface area (Å²) in [5, 5.41) is 14.4. The Morgan fingerprint density at radius 2 is 2.00 bits per heavy atom. The highest BCUT2D eigenvalue weighted by Crippen LogP contribution is 2.39. The second-order valence-electron chi connectivity index (χ2n) is 4.47. The van der Waals surface area contributed by atoms with Crippen LogP contribution in [-0.2, 0) is 6.54 Å². The monoisotopic (exact) mass is 306 g/mol. The number of non-ortho nitro benzene ring substituents is 1. The number of nitro benzene ring substituents is 1. The molecule has 0 amide bonds. The lowest BCUT2D eigenvalue weighted by atomic mass is 10.2. The minimum Gasteiger partial charge on any atom is -0.454 e. The van der Waals surface area contributed by atoms with Gasteiger partial charge >= 0.3 is 0 Å². The predicted molar refractivity (Wildman–Crippen MR) is 78.0 cm³/mol. The Morgan fingerprint density at radius 1 is 1.24 bits per heavy atom. The molecule has 108 valence electrons. The lowest BCUT2D eigenvalue weighted by Gasteiger charge is -2.09. The second kappa shape index (κ2) is 5.49. The van der Waals surface area contributed by atoms with Gasteiger partial charge in [0.2, 0.25) is 6.79 Å². The van der Waals surface area contributed by atoms with Crippen molar-refractivity contribution in [3.63, 3.8) is 0 Å². The van der Waals surface area contributed by atoms with Crippen molar-refractivity contribution in [1.29, 1.82) is 0 Å². The number of rotatable bonds is 4. The van der Waals surface area contributed by atoms with Gasteiger partial charge in [0, 0.05) is 30.8 Å². The molecule has 2 aromatic rings. The first kappa shape index (κ1) is 13.5. The summed E-state index contributed by atoms with van der Waals surface area (Å²) < 4.78 is 10.5. The van der Waals surface area contributed by atoms with Crippen LogP contribution < -0.4 is 14.8 Å². The Kier molecular flexibility index (Phi) is 3.53. The quantitative estimate of drug-likeness (QED) is 0.690. The van der Waals surface area contributed by atoms with Crippen LogP contribution in [0.25, 0.3) is 0 Å². The molecule has 1 heterocycles. The van der Waals surface area contributed by atoms with Crippen LogP contribution >= 0.6 is 11.6 Å². The van der Waals surface area contributed by atoms with E-state index < -0.39 is 4.92 Å². The summed E-state index contributed by atoms with van der Waals surface area (Å²) in [6.45, 7) is 0.598. The van der Waals surface area contributed by atoms with Gasteiger partial charge in [-0.1, -0.05) is 23.7 Å². The second-order valence-corrected chi connectivity index (χ2v) is 4.87. The average molecular weight is 307 g/mol. The normalized spacial score (nSPS) is 12.2. The van der Waals surface area contributed by atoms with Crippen molar-refractivity contribution in [2.45, 2.75) is 6.54 Å². The van der Waals surface area contributed by atoms with Crippen molar-refractivity contribution in [2.75, 3.05) is 12.1 Å². The molecule has 6 nitrogen and oxygen atoms in total. The number of halogens is 1. The van der Waals surface area contributed by atoms with Gasteiger partial charge in [-0.05, 0) is 5.56 Å². The van der Waals surface area contributed by atoms with Crippen molar-refractivity contribution in [3.05, 3.63) is 57.1 Å². The molecule has 3 rings (SSSR count). The minimum absolute atomic E-state index is 0.0612. The summed E-state index contributed by atoms with van der Waals surface area (Å²) in [6, 6.07) is 9.86. The number of nitrogens with one attached hydrogen (secondary N) is 1. The van der Waals surface area contributed by atoms with Crippen LogP contribution in [0.1, 0.15) is 5.56 Å². The van der Waals surface area contributed by atoms with E-state index in [0.29, 0.717) is 28.8 Å². The SMILES string of the molecule is O=[N+]([O-])c1cccc(CNc2cc3c(cc2Cl)OCO3)c1. The smallest absolute Gasteiger partial charge is 0.269 e. The zero-order valence-electron chi connectivity index (χ0n) is 10.8. The van der Waals surface area contributed by atoms with Gasteiger partial charge in [0.15, 0.2) is 11.5 Å². The number of hydrogen-bond donors (Lipinski definition) is 1. The van der Waals surface area contributed by atoms with Gasteiger partial charge in [0.05, 0.1) is 15.6 Å². The highest BCUT2D eigenvalue weighted by molar-refractivity contribution is 6.33. The zero-order valence-corrected chi connectivity index (χ0v) is 11.6. The van der Waals surface area contributed by atoms with Crippen LogP contribution in [-0.4, -0.2) is 11.7 Å². The molecule has 0 unspecified atom stereocenters. The van der Waals surface area contributed by atoms with E-state index in [1.54, 1.807) is 24.3 Å². The molecule has 0 saturated carbocycles. The number of ether oxygens (including phenoxy) is 2. The molecule has 2 aromatic carbocycles. The molecule has 0 aromatic heterocycles. The molecular weight excluding hydrogens is 296 g/mol. The molecule has 0 radical (unpaired) electrons. The van der Waals surface area contributed by atoms with Crippen LogP contribution in [0, 0.1) is 10.1 Å². The number of benzene rings is 2. The first-order valence-corrected chi connectivity index (χ1v) is 6.57. The fraction of sp³-hybridized carbons (Fsp3) is 0.143. The molecule has 0 aliphatic carbocycles. The topological polar surface area (TPSA) is 73.6 Å². The van der Waals surface area contributed by atoms with Crippen molar-refractivity contribution < 1.29 is 14.4 Å². The van der Waals surface area contributed by atoms with Crippen molar-refractivity contribution >= 4 is 23.0 Å². The molecule has 0 atom stereocenters. The maximum Gasteiger partial charge on any atom is 0.269 e. The Hall–Kier alpha value is -2.47. The van der Waals surface area contributed by atoms with E-state index in [1.807, 2.05) is 0 Å². The third-order valence-electron chi connectivity index (χ3n) is 3.07. The number of anilines is 1. The van der Waals surface area contributed by atoms with E-state index in [4.69, 9.17) is 21.1 Å². The Balaban J connectivity index is 1.76. The Morgan fingerprint density at radius 3 is 2.76 bits per heavy atom.